The molecular formula is C26H30N4O3. The molecule has 2 N–H and O–H groups in total. The van der Waals surface area contributed by atoms with Crippen molar-refractivity contribution in [3.63, 3.8) is 0 Å². The molecule has 1 aliphatic rings. The number of anilines is 1. The number of amides is 1. The van der Waals surface area contributed by atoms with E-state index in [0.29, 0.717) is 5.69 Å². The summed E-state index contributed by atoms with van der Waals surface area (Å²) in [7, 11) is 1.33. The molecule has 1 fully saturated rings. The van der Waals surface area contributed by atoms with Gasteiger partial charge < -0.3 is 15.0 Å². The highest BCUT2D eigenvalue weighted by Crippen LogP contribution is 2.29. The minimum atomic E-state index is -0.503. The van der Waals surface area contributed by atoms with Crippen LogP contribution in [0, 0.1) is 6.92 Å². The van der Waals surface area contributed by atoms with Crippen LogP contribution in [-0.4, -0.2) is 73.0 Å². The SMILES string of the molecule is COC(=O)c1[nH]c2cc(C)ccc2c1NC(=O)CN1CCN(C/C=C/c2ccccc2)CC1. The lowest BCUT2D eigenvalue weighted by Gasteiger charge is -2.33. The molecular weight excluding hydrogens is 416 g/mol. The zero-order chi connectivity index (χ0) is 23.2. The van der Waals surface area contributed by atoms with Crippen molar-refractivity contribution < 1.29 is 14.3 Å². The number of piperazine rings is 1. The number of rotatable bonds is 7. The Morgan fingerprint density at radius 1 is 1.06 bits per heavy atom. The van der Waals surface area contributed by atoms with Crippen LogP contribution in [-0.2, 0) is 9.53 Å². The molecule has 0 unspecified atom stereocenters. The summed E-state index contributed by atoms with van der Waals surface area (Å²) in [6.45, 7) is 6.62. The van der Waals surface area contributed by atoms with Gasteiger partial charge in [-0.2, -0.15) is 0 Å². The zero-order valence-electron chi connectivity index (χ0n) is 19.1. The van der Waals surface area contributed by atoms with Crippen LogP contribution < -0.4 is 5.32 Å². The van der Waals surface area contributed by atoms with E-state index in [1.807, 2.05) is 43.3 Å². The van der Waals surface area contributed by atoms with Gasteiger partial charge in [0.05, 0.1) is 19.3 Å². The number of methoxy groups -OCH3 is 1. The highest BCUT2D eigenvalue weighted by atomic mass is 16.5. The lowest BCUT2D eigenvalue weighted by atomic mass is 10.1. The molecule has 0 radical (unpaired) electrons. The van der Waals surface area contributed by atoms with Gasteiger partial charge in [-0.15, -0.1) is 0 Å². The molecule has 2 heterocycles. The van der Waals surface area contributed by atoms with E-state index < -0.39 is 5.97 Å². The second-order valence-corrected chi connectivity index (χ2v) is 8.35. The first kappa shape index (κ1) is 22.8. The fourth-order valence-corrected chi connectivity index (χ4v) is 4.11. The molecule has 2 aromatic carbocycles. The van der Waals surface area contributed by atoms with Gasteiger partial charge in [-0.25, -0.2) is 4.79 Å². The van der Waals surface area contributed by atoms with Crippen LogP contribution >= 0.6 is 0 Å². The molecule has 0 spiro atoms. The van der Waals surface area contributed by atoms with Crippen molar-refractivity contribution in [3.8, 4) is 0 Å². The first-order chi connectivity index (χ1) is 16.0. The van der Waals surface area contributed by atoms with Gasteiger partial charge >= 0.3 is 5.97 Å². The molecule has 0 aliphatic carbocycles. The van der Waals surface area contributed by atoms with Gasteiger partial charge in [0.1, 0.15) is 5.69 Å². The van der Waals surface area contributed by atoms with Gasteiger partial charge in [-0.3, -0.25) is 14.6 Å². The lowest BCUT2D eigenvalue weighted by molar-refractivity contribution is -0.117. The van der Waals surface area contributed by atoms with Gasteiger partial charge in [0.15, 0.2) is 0 Å². The van der Waals surface area contributed by atoms with Crippen LogP contribution in [0.1, 0.15) is 21.6 Å². The van der Waals surface area contributed by atoms with E-state index in [1.165, 1.54) is 12.7 Å². The number of H-pyrrole nitrogens is 1. The maximum atomic E-state index is 12.8. The number of carbonyl (C=O) groups excluding carboxylic acids is 2. The third kappa shape index (κ3) is 5.69. The highest BCUT2D eigenvalue weighted by Gasteiger charge is 2.22. The number of fused-ring (bicyclic) bond motifs is 1. The molecule has 1 aromatic heterocycles. The first-order valence-corrected chi connectivity index (χ1v) is 11.2. The van der Waals surface area contributed by atoms with Crippen molar-refractivity contribution >= 4 is 34.5 Å². The summed E-state index contributed by atoms with van der Waals surface area (Å²) in [5, 5.41) is 3.74. The van der Waals surface area contributed by atoms with Crippen LogP contribution in [0.4, 0.5) is 5.69 Å². The number of aromatic amines is 1. The van der Waals surface area contributed by atoms with Crippen molar-refractivity contribution in [2.24, 2.45) is 0 Å². The highest BCUT2D eigenvalue weighted by molar-refractivity contribution is 6.11. The minimum Gasteiger partial charge on any atom is -0.464 e. The molecule has 4 rings (SSSR count). The van der Waals surface area contributed by atoms with Crippen molar-refractivity contribution in [1.82, 2.24) is 14.8 Å². The van der Waals surface area contributed by atoms with Gasteiger partial charge in [0, 0.05) is 43.6 Å². The summed E-state index contributed by atoms with van der Waals surface area (Å²) in [5.74, 6) is -0.643. The summed E-state index contributed by atoms with van der Waals surface area (Å²) in [4.78, 5) is 32.7. The van der Waals surface area contributed by atoms with Crippen LogP contribution in [0.2, 0.25) is 0 Å². The normalized spacial score (nSPS) is 15.2. The number of carbonyl (C=O) groups is 2. The molecule has 0 saturated carbocycles. The molecule has 33 heavy (non-hydrogen) atoms. The molecule has 1 saturated heterocycles. The van der Waals surface area contributed by atoms with Crippen molar-refractivity contribution in [2.75, 3.05) is 51.7 Å². The minimum absolute atomic E-state index is 0.140. The fraction of sp³-hybridized carbons (Fsp3) is 0.308. The van der Waals surface area contributed by atoms with Crippen LogP contribution in [0.25, 0.3) is 17.0 Å². The van der Waals surface area contributed by atoms with Gasteiger partial charge in [-0.1, -0.05) is 54.6 Å². The average Bonchev–Trinajstić information content (AvgIpc) is 3.17. The number of aryl methyl sites for hydroxylation is 1. The third-order valence-electron chi connectivity index (χ3n) is 5.91. The van der Waals surface area contributed by atoms with Gasteiger partial charge in [0.2, 0.25) is 5.91 Å². The largest absolute Gasteiger partial charge is 0.464 e. The Bertz CT molecular complexity index is 1150. The average molecular weight is 447 g/mol. The summed E-state index contributed by atoms with van der Waals surface area (Å²) in [5.41, 5.74) is 3.80. The Balaban J connectivity index is 1.32. The quantitative estimate of drug-likeness (QED) is 0.543. The summed E-state index contributed by atoms with van der Waals surface area (Å²) in [6.07, 6.45) is 4.33. The van der Waals surface area contributed by atoms with Crippen molar-refractivity contribution in [2.45, 2.75) is 6.92 Å². The van der Waals surface area contributed by atoms with Crippen molar-refractivity contribution in [3.05, 3.63) is 71.4 Å². The Morgan fingerprint density at radius 3 is 2.52 bits per heavy atom. The number of hydrogen-bond acceptors (Lipinski definition) is 5. The summed E-state index contributed by atoms with van der Waals surface area (Å²) >= 11 is 0. The van der Waals surface area contributed by atoms with E-state index in [4.69, 9.17) is 4.74 Å². The number of nitrogens with one attached hydrogen (secondary N) is 2. The maximum Gasteiger partial charge on any atom is 0.356 e. The number of aromatic nitrogens is 1. The van der Waals surface area contributed by atoms with E-state index in [1.54, 1.807) is 0 Å². The van der Waals surface area contributed by atoms with E-state index in [-0.39, 0.29) is 18.1 Å². The third-order valence-corrected chi connectivity index (χ3v) is 5.91. The van der Waals surface area contributed by atoms with Crippen molar-refractivity contribution in [1.29, 1.82) is 0 Å². The molecule has 0 atom stereocenters. The first-order valence-electron chi connectivity index (χ1n) is 11.2. The standard InChI is InChI=1S/C26H30N4O3/c1-19-10-11-21-22(17-19)27-25(26(32)33-2)24(21)28-23(31)18-30-15-13-29(14-16-30)12-6-9-20-7-4-3-5-8-20/h3-11,17,27H,12-16,18H2,1-2H3,(H,28,31)/b9-6+. The Hall–Kier alpha value is -3.42. The Labute approximate surface area is 194 Å². The van der Waals surface area contributed by atoms with E-state index >= 15 is 0 Å². The van der Waals surface area contributed by atoms with Gasteiger partial charge in [-0.05, 0) is 24.1 Å². The number of nitrogens with zero attached hydrogens (tertiary/aromatic N) is 2. The van der Waals surface area contributed by atoms with E-state index in [9.17, 15) is 9.59 Å². The van der Waals surface area contributed by atoms with Gasteiger partial charge in [0.25, 0.3) is 0 Å². The summed E-state index contributed by atoms with van der Waals surface area (Å²) in [6, 6.07) is 16.1. The lowest BCUT2D eigenvalue weighted by Crippen LogP contribution is -2.48. The van der Waals surface area contributed by atoms with Crippen LogP contribution in [0.15, 0.2) is 54.6 Å². The maximum absolute atomic E-state index is 12.8. The van der Waals surface area contributed by atoms with Crippen LogP contribution in [0.5, 0.6) is 0 Å². The summed E-state index contributed by atoms with van der Waals surface area (Å²) < 4.78 is 4.90. The monoisotopic (exact) mass is 446 g/mol. The molecule has 0 bridgehead atoms. The number of esters is 1. The predicted molar refractivity (Wildman–Crippen MR) is 131 cm³/mol. The second kappa shape index (κ2) is 10.5. The van der Waals surface area contributed by atoms with E-state index in [0.717, 1.165) is 49.2 Å². The molecule has 7 nitrogen and oxygen atoms in total. The number of hydrogen-bond donors (Lipinski definition) is 2. The second-order valence-electron chi connectivity index (χ2n) is 8.35. The topological polar surface area (TPSA) is 77.7 Å². The zero-order valence-corrected chi connectivity index (χ0v) is 19.1. The van der Waals surface area contributed by atoms with Crippen LogP contribution in [0.3, 0.4) is 0 Å². The fourth-order valence-electron chi connectivity index (χ4n) is 4.11. The molecule has 3 aromatic rings. The number of benzene rings is 2. The smallest absolute Gasteiger partial charge is 0.356 e. The molecule has 7 heteroatoms. The van der Waals surface area contributed by atoms with E-state index in [2.05, 4.69) is 44.4 Å². The Kier molecular flexibility index (Phi) is 7.22. The number of ether oxygens (including phenoxy) is 1. The predicted octanol–water partition coefficient (Wildman–Crippen LogP) is 3.53. The Morgan fingerprint density at radius 2 is 1.79 bits per heavy atom. The molecule has 1 aliphatic heterocycles. The molecule has 172 valence electrons. The molecule has 1 amide bonds.